The highest BCUT2D eigenvalue weighted by Gasteiger charge is 2.40. The van der Waals surface area contributed by atoms with Crippen molar-refractivity contribution in [1.29, 1.82) is 0 Å². The fourth-order valence-corrected chi connectivity index (χ4v) is 6.99. The van der Waals surface area contributed by atoms with Gasteiger partial charge in [-0.3, -0.25) is 9.69 Å². The van der Waals surface area contributed by atoms with Crippen LogP contribution in [0.25, 0.3) is 0 Å². The van der Waals surface area contributed by atoms with Crippen LogP contribution in [-0.2, 0) is 14.6 Å². The quantitative estimate of drug-likeness (QED) is 0.730. The summed E-state index contributed by atoms with van der Waals surface area (Å²) in [6.07, 6.45) is 4.87. The van der Waals surface area contributed by atoms with E-state index in [4.69, 9.17) is 0 Å². The van der Waals surface area contributed by atoms with Gasteiger partial charge in [-0.1, -0.05) is 43.2 Å². The van der Waals surface area contributed by atoms with Crippen molar-refractivity contribution in [2.75, 3.05) is 44.7 Å². The second-order valence-corrected chi connectivity index (χ2v) is 11.2. The number of carbonyl (C=O) groups excluding carboxylic acids is 1. The molecule has 1 aromatic carbocycles. The van der Waals surface area contributed by atoms with Crippen molar-refractivity contribution in [3.8, 4) is 0 Å². The molecule has 6 nitrogen and oxygen atoms in total. The van der Waals surface area contributed by atoms with Gasteiger partial charge in [0.25, 0.3) is 0 Å². The van der Waals surface area contributed by atoms with Crippen LogP contribution in [0.1, 0.15) is 43.7 Å². The van der Waals surface area contributed by atoms with Crippen LogP contribution >= 0.6 is 0 Å². The highest BCUT2D eigenvalue weighted by Crippen LogP contribution is 2.31. The van der Waals surface area contributed by atoms with Gasteiger partial charge in [0.15, 0.2) is 9.84 Å². The Morgan fingerprint density at radius 1 is 1.07 bits per heavy atom. The monoisotopic (exact) mass is 419 g/mol. The molecule has 0 radical (unpaired) electrons. The maximum absolute atomic E-state index is 13.5. The molecule has 3 fully saturated rings. The molecule has 2 atom stereocenters. The molecule has 0 N–H and O–H groups in total. The highest BCUT2D eigenvalue weighted by atomic mass is 32.2. The summed E-state index contributed by atoms with van der Waals surface area (Å²) in [6.45, 7) is 3.07. The van der Waals surface area contributed by atoms with Crippen LogP contribution in [0.5, 0.6) is 0 Å². The highest BCUT2D eigenvalue weighted by molar-refractivity contribution is 7.91. The van der Waals surface area contributed by atoms with E-state index in [1.807, 2.05) is 11.0 Å². The van der Waals surface area contributed by atoms with E-state index >= 15 is 0 Å². The number of hydrogen-bond acceptors (Lipinski definition) is 5. The number of rotatable bonds is 5. The summed E-state index contributed by atoms with van der Waals surface area (Å²) in [5.74, 6) is 0.472. The van der Waals surface area contributed by atoms with Crippen molar-refractivity contribution in [3.63, 3.8) is 0 Å². The lowest BCUT2D eigenvalue weighted by Gasteiger charge is -2.42. The molecule has 0 aromatic heterocycles. The van der Waals surface area contributed by atoms with E-state index < -0.39 is 9.84 Å². The third-order valence-electron chi connectivity index (χ3n) is 6.82. The molecular formula is C22H33N3O3S. The van der Waals surface area contributed by atoms with Crippen molar-refractivity contribution in [2.24, 2.45) is 0 Å². The second-order valence-electron chi connectivity index (χ2n) is 8.96. The molecule has 2 saturated heterocycles. The lowest BCUT2D eigenvalue weighted by atomic mass is 10.0. The minimum Gasteiger partial charge on any atom is -0.335 e. The topological polar surface area (TPSA) is 60.9 Å². The molecule has 0 spiro atoms. The molecule has 1 saturated carbocycles. The summed E-state index contributed by atoms with van der Waals surface area (Å²) in [6, 6.07) is 10.7. The Labute approximate surface area is 174 Å². The Balaban J connectivity index is 1.52. The van der Waals surface area contributed by atoms with Crippen molar-refractivity contribution >= 4 is 15.7 Å². The average molecular weight is 420 g/mol. The number of likely N-dealkylation sites (N-methyl/N-ethyl adjacent to an activating group) is 1. The molecule has 160 valence electrons. The van der Waals surface area contributed by atoms with Gasteiger partial charge < -0.3 is 9.80 Å². The van der Waals surface area contributed by atoms with E-state index in [9.17, 15) is 13.2 Å². The Hall–Kier alpha value is -1.44. The normalized spacial score (nSPS) is 28.6. The Kier molecular flexibility index (Phi) is 6.27. The number of carbonyl (C=O) groups is 1. The van der Waals surface area contributed by atoms with Crippen LogP contribution in [0.3, 0.4) is 0 Å². The molecule has 1 aliphatic carbocycles. The van der Waals surface area contributed by atoms with Gasteiger partial charge in [0.2, 0.25) is 5.91 Å². The molecule has 1 amide bonds. The molecule has 2 heterocycles. The zero-order chi connectivity index (χ0) is 20.4. The summed E-state index contributed by atoms with van der Waals surface area (Å²) in [7, 11) is -0.884. The SMILES string of the molecule is CN1CCN(CC(=O)N(C2CCCC2)C2CCS(=O)(=O)C2)C(c2ccccc2)C1. The first-order chi connectivity index (χ1) is 13.9. The second kappa shape index (κ2) is 8.74. The van der Waals surface area contributed by atoms with E-state index in [1.165, 1.54) is 5.56 Å². The molecule has 7 heteroatoms. The van der Waals surface area contributed by atoms with Gasteiger partial charge in [-0.05, 0) is 31.9 Å². The maximum Gasteiger partial charge on any atom is 0.237 e. The number of hydrogen-bond donors (Lipinski definition) is 0. The summed E-state index contributed by atoms with van der Waals surface area (Å²) in [4.78, 5) is 20.1. The third kappa shape index (κ3) is 4.84. The summed E-state index contributed by atoms with van der Waals surface area (Å²) >= 11 is 0. The fourth-order valence-electron chi connectivity index (χ4n) is 5.28. The van der Waals surface area contributed by atoms with Crippen molar-refractivity contribution < 1.29 is 13.2 Å². The van der Waals surface area contributed by atoms with Gasteiger partial charge in [-0.25, -0.2) is 8.42 Å². The van der Waals surface area contributed by atoms with Gasteiger partial charge in [0.05, 0.1) is 18.1 Å². The Morgan fingerprint density at radius 2 is 1.79 bits per heavy atom. The van der Waals surface area contributed by atoms with Crippen molar-refractivity contribution in [2.45, 2.75) is 50.2 Å². The smallest absolute Gasteiger partial charge is 0.237 e. The van der Waals surface area contributed by atoms with Crippen LogP contribution in [0.4, 0.5) is 0 Å². The minimum atomic E-state index is -3.01. The van der Waals surface area contributed by atoms with Crippen LogP contribution in [-0.4, -0.2) is 85.8 Å². The van der Waals surface area contributed by atoms with Gasteiger partial charge in [0.1, 0.15) is 0 Å². The lowest BCUT2D eigenvalue weighted by Crippen LogP contribution is -2.54. The van der Waals surface area contributed by atoms with Gasteiger partial charge >= 0.3 is 0 Å². The van der Waals surface area contributed by atoms with Gasteiger partial charge in [-0.15, -0.1) is 0 Å². The third-order valence-corrected chi connectivity index (χ3v) is 8.58. The van der Waals surface area contributed by atoms with Crippen molar-refractivity contribution in [1.82, 2.24) is 14.7 Å². The first-order valence-electron chi connectivity index (χ1n) is 10.9. The minimum absolute atomic E-state index is 0.115. The molecule has 0 bridgehead atoms. The van der Waals surface area contributed by atoms with E-state index in [0.717, 1.165) is 45.3 Å². The molecule has 2 unspecified atom stereocenters. The maximum atomic E-state index is 13.5. The zero-order valence-electron chi connectivity index (χ0n) is 17.4. The number of sulfone groups is 1. The fraction of sp³-hybridized carbons (Fsp3) is 0.682. The Bertz CT molecular complexity index is 808. The number of amides is 1. The van der Waals surface area contributed by atoms with Crippen LogP contribution in [0.2, 0.25) is 0 Å². The first kappa shape index (κ1) is 20.8. The summed E-state index contributed by atoms with van der Waals surface area (Å²) in [5, 5.41) is 0. The molecule has 4 rings (SSSR count). The largest absolute Gasteiger partial charge is 0.335 e. The molecule has 1 aromatic rings. The first-order valence-corrected chi connectivity index (χ1v) is 12.7. The zero-order valence-corrected chi connectivity index (χ0v) is 18.2. The molecule has 2 aliphatic heterocycles. The van der Waals surface area contributed by atoms with Gasteiger partial charge in [-0.2, -0.15) is 0 Å². The van der Waals surface area contributed by atoms with Crippen molar-refractivity contribution in [3.05, 3.63) is 35.9 Å². The number of benzene rings is 1. The van der Waals surface area contributed by atoms with Gasteiger partial charge in [0, 0.05) is 37.8 Å². The van der Waals surface area contributed by atoms with Crippen LogP contribution < -0.4 is 0 Å². The number of nitrogens with zero attached hydrogens (tertiary/aromatic N) is 3. The lowest BCUT2D eigenvalue weighted by molar-refractivity contribution is -0.138. The molecule has 29 heavy (non-hydrogen) atoms. The predicted octanol–water partition coefficient (Wildman–Crippen LogP) is 1.93. The van der Waals surface area contributed by atoms with Crippen LogP contribution in [0.15, 0.2) is 30.3 Å². The number of piperazine rings is 1. The van der Waals surface area contributed by atoms with Crippen LogP contribution in [0, 0.1) is 0 Å². The Morgan fingerprint density at radius 3 is 2.45 bits per heavy atom. The standard InChI is InChI=1S/C22H33N3O3S/c1-23-12-13-24(21(15-23)18-7-3-2-4-8-18)16-22(26)25(19-9-5-6-10-19)20-11-14-29(27,28)17-20/h2-4,7-8,19-21H,5-6,9-17H2,1H3. The van der Waals surface area contributed by atoms with E-state index in [-0.39, 0.29) is 35.5 Å². The molecule has 3 aliphatic rings. The van der Waals surface area contributed by atoms with E-state index in [2.05, 4.69) is 41.1 Å². The van der Waals surface area contributed by atoms with E-state index in [0.29, 0.717) is 13.0 Å². The summed E-state index contributed by atoms with van der Waals surface area (Å²) in [5.41, 5.74) is 1.24. The predicted molar refractivity (Wildman–Crippen MR) is 114 cm³/mol. The average Bonchev–Trinajstić information content (AvgIpc) is 3.34. The summed E-state index contributed by atoms with van der Waals surface area (Å²) < 4.78 is 24.2. The van der Waals surface area contributed by atoms with E-state index in [1.54, 1.807) is 0 Å². The molecular weight excluding hydrogens is 386 g/mol.